The Hall–Kier alpha value is -0.610. The van der Waals surface area contributed by atoms with Gasteiger partial charge in [0.25, 0.3) is 0 Å². The lowest BCUT2D eigenvalue weighted by Gasteiger charge is -2.24. The fourth-order valence-corrected chi connectivity index (χ4v) is 1.61. The summed E-state index contributed by atoms with van der Waals surface area (Å²) in [5, 5.41) is 0. The van der Waals surface area contributed by atoms with Crippen molar-refractivity contribution in [3.05, 3.63) is 0 Å². The maximum atomic E-state index is 9.80. The van der Waals surface area contributed by atoms with Crippen LogP contribution >= 0.6 is 0 Å². The molecule has 0 N–H and O–H groups in total. The van der Waals surface area contributed by atoms with Crippen molar-refractivity contribution < 1.29 is 19.0 Å². The zero-order valence-corrected chi connectivity index (χ0v) is 8.75. The van der Waals surface area contributed by atoms with Crippen molar-refractivity contribution in [2.75, 3.05) is 13.2 Å². The van der Waals surface area contributed by atoms with Crippen LogP contribution in [0.1, 0.15) is 33.1 Å². The first-order valence-electron chi connectivity index (χ1n) is 5.07. The SMILES string of the molecule is CCC1(CC)OCC(CCO[C]=O)O1. The predicted molar refractivity (Wildman–Crippen MR) is 50.4 cm³/mol. The second-order valence-electron chi connectivity index (χ2n) is 3.39. The topological polar surface area (TPSA) is 44.8 Å². The molecule has 4 heteroatoms. The summed E-state index contributed by atoms with van der Waals surface area (Å²) < 4.78 is 15.9. The molecule has 0 spiro atoms. The first kappa shape index (κ1) is 11.5. The molecule has 1 saturated heterocycles. The third-order valence-electron chi connectivity index (χ3n) is 2.59. The van der Waals surface area contributed by atoms with E-state index in [2.05, 4.69) is 4.74 Å². The van der Waals surface area contributed by atoms with E-state index >= 15 is 0 Å². The van der Waals surface area contributed by atoms with Gasteiger partial charge in [-0.25, -0.2) is 4.79 Å². The van der Waals surface area contributed by atoms with Gasteiger partial charge in [0, 0.05) is 6.42 Å². The molecule has 1 rings (SSSR count). The predicted octanol–water partition coefficient (Wildman–Crippen LogP) is 1.39. The Kier molecular flexibility index (Phi) is 4.35. The Morgan fingerprint density at radius 2 is 2.21 bits per heavy atom. The zero-order chi connectivity index (χ0) is 10.4. The number of hydrogen-bond donors (Lipinski definition) is 0. The fourth-order valence-electron chi connectivity index (χ4n) is 1.61. The first-order valence-corrected chi connectivity index (χ1v) is 5.07. The van der Waals surface area contributed by atoms with E-state index in [1.807, 2.05) is 13.8 Å². The quantitative estimate of drug-likeness (QED) is 0.609. The minimum Gasteiger partial charge on any atom is -0.457 e. The molecule has 0 aliphatic carbocycles. The normalized spacial score (nSPS) is 24.9. The molecule has 1 atom stereocenters. The molecule has 4 nitrogen and oxygen atoms in total. The van der Waals surface area contributed by atoms with Crippen LogP contribution in [-0.2, 0) is 19.0 Å². The number of rotatable bonds is 6. The van der Waals surface area contributed by atoms with Crippen LogP contribution in [0.4, 0.5) is 0 Å². The van der Waals surface area contributed by atoms with Gasteiger partial charge in [0.2, 0.25) is 0 Å². The molecule has 81 valence electrons. The second-order valence-corrected chi connectivity index (χ2v) is 3.39. The summed E-state index contributed by atoms with van der Waals surface area (Å²) >= 11 is 0. The number of ether oxygens (including phenoxy) is 3. The summed E-state index contributed by atoms with van der Waals surface area (Å²) in [5.41, 5.74) is 0. The van der Waals surface area contributed by atoms with E-state index in [1.54, 1.807) is 0 Å². The molecule has 14 heavy (non-hydrogen) atoms. The van der Waals surface area contributed by atoms with Crippen molar-refractivity contribution in [3.8, 4) is 0 Å². The standard InChI is InChI=1S/C10H17O4/c1-3-10(4-2)13-7-9(14-10)5-6-12-8-11/h9H,3-7H2,1-2H3. The molecule has 1 heterocycles. The van der Waals surface area contributed by atoms with Crippen molar-refractivity contribution in [2.24, 2.45) is 0 Å². The largest absolute Gasteiger partial charge is 0.457 e. The van der Waals surface area contributed by atoms with Crippen molar-refractivity contribution in [3.63, 3.8) is 0 Å². The van der Waals surface area contributed by atoms with Crippen LogP contribution < -0.4 is 0 Å². The van der Waals surface area contributed by atoms with Crippen molar-refractivity contribution >= 4 is 6.47 Å². The number of carbonyl (C=O) groups excluding carboxylic acids is 1. The summed E-state index contributed by atoms with van der Waals surface area (Å²) in [6.07, 6.45) is 2.42. The molecule has 1 unspecified atom stereocenters. The van der Waals surface area contributed by atoms with Gasteiger partial charge in [-0.1, -0.05) is 13.8 Å². The van der Waals surface area contributed by atoms with Gasteiger partial charge in [-0.05, 0) is 12.8 Å². The lowest BCUT2D eigenvalue weighted by molar-refractivity contribution is -0.172. The van der Waals surface area contributed by atoms with Crippen LogP contribution in [0.3, 0.4) is 0 Å². The molecule has 1 aliphatic heterocycles. The summed E-state index contributed by atoms with van der Waals surface area (Å²) in [7, 11) is 0. The average molecular weight is 201 g/mol. The summed E-state index contributed by atoms with van der Waals surface area (Å²) in [6, 6.07) is 0. The molecule has 0 bridgehead atoms. The van der Waals surface area contributed by atoms with Gasteiger partial charge >= 0.3 is 6.47 Å². The molecule has 1 aliphatic rings. The average Bonchev–Trinajstić information content (AvgIpc) is 2.63. The molecule has 0 saturated carbocycles. The minimum absolute atomic E-state index is 0.0447. The Bertz CT molecular complexity index is 177. The van der Waals surface area contributed by atoms with Gasteiger partial charge < -0.3 is 14.2 Å². The number of hydrogen-bond acceptors (Lipinski definition) is 4. The highest BCUT2D eigenvalue weighted by Crippen LogP contribution is 2.31. The zero-order valence-electron chi connectivity index (χ0n) is 8.75. The van der Waals surface area contributed by atoms with E-state index in [4.69, 9.17) is 9.47 Å². The van der Waals surface area contributed by atoms with E-state index < -0.39 is 5.79 Å². The van der Waals surface area contributed by atoms with Crippen LogP contribution in [0.2, 0.25) is 0 Å². The lowest BCUT2D eigenvalue weighted by Crippen LogP contribution is -2.29. The maximum Gasteiger partial charge on any atom is 0.417 e. The van der Waals surface area contributed by atoms with Gasteiger partial charge in [-0.3, -0.25) is 0 Å². The van der Waals surface area contributed by atoms with E-state index in [9.17, 15) is 4.79 Å². The molecule has 1 fully saturated rings. The van der Waals surface area contributed by atoms with Gasteiger partial charge in [0.1, 0.15) is 0 Å². The molecule has 0 aromatic carbocycles. The maximum absolute atomic E-state index is 9.80. The Morgan fingerprint density at radius 1 is 1.50 bits per heavy atom. The fraction of sp³-hybridized carbons (Fsp3) is 0.900. The molecule has 0 aromatic rings. The first-order chi connectivity index (χ1) is 6.76. The van der Waals surface area contributed by atoms with Gasteiger partial charge in [-0.15, -0.1) is 0 Å². The summed E-state index contributed by atoms with van der Waals surface area (Å²) in [6.45, 7) is 6.42. The third kappa shape index (κ3) is 2.69. The summed E-state index contributed by atoms with van der Waals surface area (Å²) in [4.78, 5) is 9.80. The van der Waals surface area contributed by atoms with Crippen LogP contribution in [0.5, 0.6) is 0 Å². The van der Waals surface area contributed by atoms with E-state index in [-0.39, 0.29) is 6.10 Å². The molecule has 0 amide bonds. The van der Waals surface area contributed by atoms with Crippen molar-refractivity contribution in [1.29, 1.82) is 0 Å². The van der Waals surface area contributed by atoms with E-state index in [0.717, 1.165) is 12.8 Å². The van der Waals surface area contributed by atoms with E-state index in [0.29, 0.717) is 19.6 Å². The molecular weight excluding hydrogens is 184 g/mol. The van der Waals surface area contributed by atoms with Crippen LogP contribution in [0.25, 0.3) is 0 Å². The monoisotopic (exact) mass is 201 g/mol. The van der Waals surface area contributed by atoms with Crippen LogP contribution in [0.15, 0.2) is 0 Å². The van der Waals surface area contributed by atoms with Gasteiger partial charge in [0.05, 0.1) is 19.3 Å². The molecule has 0 aromatic heterocycles. The van der Waals surface area contributed by atoms with Gasteiger partial charge in [0.15, 0.2) is 5.79 Å². The highest BCUT2D eigenvalue weighted by Gasteiger charge is 2.38. The van der Waals surface area contributed by atoms with Crippen molar-refractivity contribution in [1.82, 2.24) is 0 Å². The minimum atomic E-state index is -0.407. The summed E-state index contributed by atoms with van der Waals surface area (Å²) in [5.74, 6) is -0.407. The second kappa shape index (κ2) is 5.32. The Balaban J connectivity index is 2.28. The lowest BCUT2D eigenvalue weighted by atomic mass is 10.1. The van der Waals surface area contributed by atoms with Crippen LogP contribution in [0, 0.1) is 0 Å². The van der Waals surface area contributed by atoms with Crippen LogP contribution in [-0.4, -0.2) is 31.6 Å². The van der Waals surface area contributed by atoms with Crippen molar-refractivity contribution in [2.45, 2.75) is 45.0 Å². The van der Waals surface area contributed by atoms with Gasteiger partial charge in [-0.2, -0.15) is 0 Å². The molecular formula is C10H17O4. The Labute approximate surface area is 84.5 Å². The smallest absolute Gasteiger partial charge is 0.417 e. The third-order valence-corrected chi connectivity index (χ3v) is 2.59. The molecule has 1 radical (unpaired) electrons. The Morgan fingerprint density at radius 3 is 2.71 bits per heavy atom. The van der Waals surface area contributed by atoms with E-state index in [1.165, 1.54) is 6.47 Å². The highest BCUT2D eigenvalue weighted by molar-refractivity contribution is 5.38. The highest BCUT2D eigenvalue weighted by atomic mass is 16.7.